The molecule has 70 valence electrons. The molecule has 0 radical (unpaired) electrons. The van der Waals surface area contributed by atoms with Crippen molar-refractivity contribution in [3.05, 3.63) is 27.3 Å². The Hall–Kier alpha value is -0.250. The molecule has 2 aromatic rings. The van der Waals surface area contributed by atoms with Crippen molar-refractivity contribution in [1.29, 1.82) is 5.26 Å². The fourth-order valence-electron chi connectivity index (χ4n) is 1.37. The van der Waals surface area contributed by atoms with Crippen LogP contribution in [0.15, 0.2) is 22.4 Å². The van der Waals surface area contributed by atoms with Crippen molar-refractivity contribution in [2.45, 2.75) is 10.6 Å². The number of halogens is 1. The molecule has 1 aromatic heterocycles. The first kappa shape index (κ1) is 10.3. The summed E-state index contributed by atoms with van der Waals surface area (Å²) >= 11 is 8.36. The van der Waals surface area contributed by atoms with Crippen LogP contribution in [0.25, 0.3) is 10.1 Å². The van der Waals surface area contributed by atoms with Gasteiger partial charge in [-0.2, -0.15) is 5.26 Å². The van der Waals surface area contributed by atoms with Crippen molar-refractivity contribution in [2.75, 3.05) is 0 Å². The first-order valence-corrected chi connectivity index (χ1v) is 6.34. The number of nitrogens with zero attached hydrogens (tertiary/aromatic N) is 1. The zero-order valence-corrected chi connectivity index (χ0v) is 11.0. The minimum Gasteiger partial charge on any atom is -0.198 e. The molecule has 0 fully saturated rings. The van der Waals surface area contributed by atoms with Crippen LogP contribution in [0.3, 0.4) is 0 Å². The van der Waals surface area contributed by atoms with E-state index in [2.05, 4.69) is 53.4 Å². The van der Waals surface area contributed by atoms with E-state index in [-0.39, 0.29) is 0 Å². The van der Waals surface area contributed by atoms with Gasteiger partial charge in [0.1, 0.15) is 0 Å². The molecule has 0 atom stereocenters. The van der Waals surface area contributed by atoms with E-state index in [1.165, 1.54) is 13.7 Å². The van der Waals surface area contributed by atoms with Crippen LogP contribution in [-0.4, -0.2) is 0 Å². The predicted octanol–water partition coefficient (Wildman–Crippen LogP) is 3.86. The van der Waals surface area contributed by atoms with Gasteiger partial charge in [0.05, 0.1) is 16.7 Å². The number of benzene rings is 1. The van der Waals surface area contributed by atoms with Crippen LogP contribution in [0.1, 0.15) is 5.56 Å². The fraction of sp³-hybridized carbons (Fsp3) is 0.100. The Bertz CT molecular complexity index is 525. The second kappa shape index (κ2) is 4.09. The van der Waals surface area contributed by atoms with E-state index in [4.69, 9.17) is 5.26 Å². The third-order valence-electron chi connectivity index (χ3n) is 2.00. The normalized spacial score (nSPS) is 10.4. The monoisotopic (exact) mass is 331 g/mol. The van der Waals surface area contributed by atoms with Gasteiger partial charge in [0.2, 0.25) is 0 Å². The molecule has 0 aliphatic carbocycles. The van der Waals surface area contributed by atoms with Crippen molar-refractivity contribution in [3.8, 4) is 6.07 Å². The molecule has 0 unspecified atom stereocenters. The number of hydrogen-bond acceptors (Lipinski definition) is 3. The van der Waals surface area contributed by atoms with Crippen molar-refractivity contribution < 1.29 is 0 Å². The first-order chi connectivity index (χ1) is 6.74. The van der Waals surface area contributed by atoms with Gasteiger partial charge in [-0.1, -0.05) is 12.1 Å². The Kier molecular flexibility index (Phi) is 3.00. The summed E-state index contributed by atoms with van der Waals surface area (Å²) in [7, 11) is 0. The average molecular weight is 331 g/mol. The zero-order valence-electron chi connectivity index (χ0n) is 7.12. The highest BCUT2D eigenvalue weighted by Gasteiger charge is 2.10. The van der Waals surface area contributed by atoms with E-state index >= 15 is 0 Å². The smallest absolute Gasteiger partial charge is 0.0670 e. The Balaban J connectivity index is 2.78. The quantitative estimate of drug-likeness (QED) is 0.623. The number of rotatable bonds is 1. The largest absolute Gasteiger partial charge is 0.198 e. The second-order valence-corrected chi connectivity index (χ2v) is 5.77. The zero-order chi connectivity index (χ0) is 10.1. The highest BCUT2D eigenvalue weighted by molar-refractivity contribution is 14.1. The summed E-state index contributed by atoms with van der Waals surface area (Å²) in [6.07, 6.45) is 0.443. The lowest BCUT2D eigenvalue weighted by Crippen LogP contribution is -1.79. The summed E-state index contributed by atoms with van der Waals surface area (Å²) < 4.78 is 3.43. The molecular formula is C10H6INS2. The molecule has 0 saturated heterocycles. The van der Waals surface area contributed by atoms with Crippen LogP contribution in [0.4, 0.5) is 0 Å². The van der Waals surface area contributed by atoms with Gasteiger partial charge in [0.15, 0.2) is 0 Å². The Morgan fingerprint density at radius 2 is 2.29 bits per heavy atom. The van der Waals surface area contributed by atoms with Crippen LogP contribution >= 0.6 is 46.6 Å². The third-order valence-corrected chi connectivity index (χ3v) is 4.90. The predicted molar refractivity (Wildman–Crippen MR) is 71.1 cm³/mol. The van der Waals surface area contributed by atoms with E-state index in [1.54, 1.807) is 11.3 Å². The van der Waals surface area contributed by atoms with Crippen LogP contribution in [0.2, 0.25) is 0 Å². The van der Waals surface area contributed by atoms with Crippen molar-refractivity contribution in [3.63, 3.8) is 0 Å². The number of thiol groups is 1. The molecule has 4 heteroatoms. The molecule has 2 rings (SSSR count). The van der Waals surface area contributed by atoms with Gasteiger partial charge in [-0.3, -0.25) is 0 Å². The topological polar surface area (TPSA) is 23.8 Å². The van der Waals surface area contributed by atoms with Crippen LogP contribution in [0, 0.1) is 14.9 Å². The SMILES string of the molecule is N#CCc1c(S)sc2c(I)cccc12. The van der Waals surface area contributed by atoms with Gasteiger partial charge in [0.25, 0.3) is 0 Å². The number of hydrogen-bond donors (Lipinski definition) is 1. The standard InChI is InChI=1S/C10H6INS2/c11-8-3-1-2-6-7(4-5-12)10(13)14-9(6)8/h1-3,13H,4H2. The Morgan fingerprint density at radius 1 is 1.50 bits per heavy atom. The van der Waals surface area contributed by atoms with Gasteiger partial charge in [-0.05, 0) is 39.6 Å². The third kappa shape index (κ3) is 1.64. The van der Waals surface area contributed by atoms with Crippen molar-refractivity contribution >= 4 is 56.6 Å². The lowest BCUT2D eigenvalue weighted by molar-refractivity contribution is 1.26. The second-order valence-electron chi connectivity index (χ2n) is 2.84. The summed E-state index contributed by atoms with van der Waals surface area (Å²) in [5.74, 6) is 0. The van der Waals surface area contributed by atoms with Crippen molar-refractivity contribution in [1.82, 2.24) is 0 Å². The van der Waals surface area contributed by atoms with Crippen LogP contribution in [0.5, 0.6) is 0 Å². The maximum Gasteiger partial charge on any atom is 0.0670 e. The van der Waals surface area contributed by atoms with Gasteiger partial charge in [-0.15, -0.1) is 24.0 Å². The van der Waals surface area contributed by atoms with Crippen LogP contribution < -0.4 is 0 Å². The Morgan fingerprint density at radius 3 is 3.00 bits per heavy atom. The molecule has 1 nitrogen and oxygen atoms in total. The average Bonchev–Trinajstić information content (AvgIpc) is 2.47. The number of nitriles is 1. The van der Waals surface area contributed by atoms with E-state index in [9.17, 15) is 0 Å². The summed E-state index contributed by atoms with van der Waals surface area (Å²) in [5, 5.41) is 9.88. The minimum absolute atomic E-state index is 0.443. The maximum absolute atomic E-state index is 8.71. The maximum atomic E-state index is 8.71. The van der Waals surface area contributed by atoms with Gasteiger partial charge >= 0.3 is 0 Å². The van der Waals surface area contributed by atoms with Gasteiger partial charge < -0.3 is 0 Å². The van der Waals surface area contributed by atoms with E-state index < -0.39 is 0 Å². The highest BCUT2D eigenvalue weighted by atomic mass is 127. The minimum atomic E-state index is 0.443. The van der Waals surface area contributed by atoms with Crippen LogP contribution in [-0.2, 0) is 6.42 Å². The number of thiophene rings is 1. The molecule has 0 spiro atoms. The molecule has 0 amide bonds. The Labute approximate surface area is 105 Å². The molecule has 1 heterocycles. The van der Waals surface area contributed by atoms with Gasteiger partial charge in [0, 0.05) is 8.27 Å². The summed E-state index contributed by atoms with van der Waals surface area (Å²) in [6.45, 7) is 0. The molecule has 0 aliphatic rings. The lowest BCUT2D eigenvalue weighted by atomic mass is 10.1. The molecule has 14 heavy (non-hydrogen) atoms. The van der Waals surface area contributed by atoms with E-state index in [0.717, 1.165) is 9.77 Å². The molecular weight excluding hydrogens is 325 g/mol. The number of fused-ring (bicyclic) bond motifs is 1. The molecule has 0 saturated carbocycles. The summed E-state index contributed by atoms with van der Waals surface area (Å²) in [5.41, 5.74) is 1.06. The van der Waals surface area contributed by atoms with E-state index in [0.29, 0.717) is 6.42 Å². The highest BCUT2D eigenvalue weighted by Crippen LogP contribution is 2.36. The summed E-state index contributed by atoms with van der Waals surface area (Å²) in [4.78, 5) is 0. The summed E-state index contributed by atoms with van der Waals surface area (Å²) in [6, 6.07) is 8.32. The molecule has 0 N–H and O–H groups in total. The molecule has 0 bridgehead atoms. The fourth-order valence-corrected chi connectivity index (χ4v) is 3.64. The van der Waals surface area contributed by atoms with E-state index in [1.807, 2.05) is 6.07 Å². The molecule has 1 aromatic carbocycles. The lowest BCUT2D eigenvalue weighted by Gasteiger charge is -1.94. The molecule has 0 aliphatic heterocycles. The van der Waals surface area contributed by atoms with Gasteiger partial charge in [-0.25, -0.2) is 0 Å². The van der Waals surface area contributed by atoms with Crippen molar-refractivity contribution in [2.24, 2.45) is 0 Å². The first-order valence-electron chi connectivity index (χ1n) is 4.00.